The number of nitrogens with one attached hydrogen (secondary N) is 1. The standard InChI is InChI=1S/C17H21N3O2/c1-22-13-17(8-4-9-17)16(21)18-12-14-6-2-3-7-15(14)20-11-5-10-19-20/h2-3,5-7,10-11H,4,8-9,12-13H2,1H3,(H,18,21). The molecule has 2 aromatic rings. The Hall–Kier alpha value is -2.14. The highest BCUT2D eigenvalue weighted by Crippen LogP contribution is 2.41. The maximum absolute atomic E-state index is 12.5. The SMILES string of the molecule is COCC1(C(=O)NCc2ccccc2-n2cccn2)CCC1. The van der Waals surface area contributed by atoms with E-state index in [0.29, 0.717) is 13.2 Å². The number of carbonyl (C=O) groups excluding carboxylic acids is 1. The number of hydrogen-bond donors (Lipinski definition) is 1. The average molecular weight is 299 g/mol. The number of ether oxygens (including phenoxy) is 1. The number of nitrogens with zero attached hydrogens (tertiary/aromatic N) is 2. The number of benzene rings is 1. The van der Waals surface area contributed by atoms with E-state index >= 15 is 0 Å². The summed E-state index contributed by atoms with van der Waals surface area (Å²) in [5.41, 5.74) is 1.71. The molecule has 116 valence electrons. The molecule has 1 aliphatic rings. The fourth-order valence-electron chi connectivity index (χ4n) is 2.97. The second kappa shape index (κ2) is 6.32. The summed E-state index contributed by atoms with van der Waals surface area (Å²) in [6.07, 6.45) is 6.57. The fraction of sp³-hybridized carbons (Fsp3) is 0.412. The Morgan fingerprint density at radius 2 is 2.18 bits per heavy atom. The van der Waals surface area contributed by atoms with Crippen molar-refractivity contribution in [3.05, 3.63) is 48.3 Å². The van der Waals surface area contributed by atoms with Gasteiger partial charge in [0.25, 0.3) is 0 Å². The van der Waals surface area contributed by atoms with E-state index in [1.165, 1.54) is 0 Å². The minimum absolute atomic E-state index is 0.0934. The Morgan fingerprint density at radius 1 is 1.36 bits per heavy atom. The number of rotatable bonds is 6. The van der Waals surface area contributed by atoms with Gasteiger partial charge < -0.3 is 10.1 Å². The zero-order valence-corrected chi connectivity index (χ0v) is 12.8. The third kappa shape index (κ3) is 2.76. The monoisotopic (exact) mass is 299 g/mol. The molecule has 0 spiro atoms. The Balaban J connectivity index is 1.71. The minimum Gasteiger partial charge on any atom is -0.384 e. The van der Waals surface area contributed by atoms with E-state index in [4.69, 9.17) is 4.74 Å². The van der Waals surface area contributed by atoms with E-state index in [0.717, 1.165) is 30.5 Å². The highest BCUT2D eigenvalue weighted by Gasteiger charge is 2.43. The van der Waals surface area contributed by atoms with Gasteiger partial charge in [0.2, 0.25) is 5.91 Å². The van der Waals surface area contributed by atoms with Gasteiger partial charge in [0.1, 0.15) is 0 Å². The molecule has 0 bridgehead atoms. The smallest absolute Gasteiger partial charge is 0.228 e. The van der Waals surface area contributed by atoms with Crippen LogP contribution in [0.25, 0.3) is 5.69 Å². The summed E-state index contributed by atoms with van der Waals surface area (Å²) in [6.45, 7) is 1.000. The van der Waals surface area contributed by atoms with Crippen LogP contribution in [-0.2, 0) is 16.1 Å². The van der Waals surface area contributed by atoms with Crippen molar-refractivity contribution < 1.29 is 9.53 Å². The van der Waals surface area contributed by atoms with Gasteiger partial charge in [-0.1, -0.05) is 24.6 Å². The third-order valence-corrected chi connectivity index (χ3v) is 4.40. The van der Waals surface area contributed by atoms with Crippen LogP contribution in [0.1, 0.15) is 24.8 Å². The van der Waals surface area contributed by atoms with Gasteiger partial charge in [-0.3, -0.25) is 4.79 Å². The van der Waals surface area contributed by atoms with Gasteiger partial charge in [-0.25, -0.2) is 4.68 Å². The molecule has 3 rings (SSSR count). The van der Waals surface area contributed by atoms with Crippen molar-refractivity contribution in [3.8, 4) is 5.69 Å². The molecular formula is C17H21N3O2. The first-order chi connectivity index (χ1) is 10.7. The highest BCUT2D eigenvalue weighted by molar-refractivity contribution is 5.83. The van der Waals surface area contributed by atoms with Crippen molar-refractivity contribution in [2.24, 2.45) is 5.41 Å². The van der Waals surface area contributed by atoms with E-state index in [-0.39, 0.29) is 11.3 Å². The maximum atomic E-state index is 12.5. The second-order valence-electron chi connectivity index (χ2n) is 5.83. The third-order valence-electron chi connectivity index (χ3n) is 4.40. The number of hydrogen-bond acceptors (Lipinski definition) is 3. The minimum atomic E-state index is -0.324. The summed E-state index contributed by atoms with van der Waals surface area (Å²) < 4.78 is 7.05. The average Bonchev–Trinajstić information content (AvgIpc) is 3.03. The summed E-state index contributed by atoms with van der Waals surface area (Å²) in [4.78, 5) is 12.5. The zero-order valence-electron chi connectivity index (χ0n) is 12.8. The molecule has 1 aliphatic carbocycles. The number of amides is 1. The van der Waals surface area contributed by atoms with Crippen LogP contribution in [0.15, 0.2) is 42.7 Å². The molecule has 0 saturated heterocycles. The summed E-state index contributed by atoms with van der Waals surface area (Å²) in [5, 5.41) is 7.33. The van der Waals surface area contributed by atoms with Crippen molar-refractivity contribution in [2.75, 3.05) is 13.7 Å². The highest BCUT2D eigenvalue weighted by atomic mass is 16.5. The van der Waals surface area contributed by atoms with E-state index in [2.05, 4.69) is 10.4 Å². The van der Waals surface area contributed by atoms with Crippen LogP contribution >= 0.6 is 0 Å². The van der Waals surface area contributed by atoms with E-state index in [9.17, 15) is 4.79 Å². The van der Waals surface area contributed by atoms with Crippen LogP contribution < -0.4 is 5.32 Å². The fourth-order valence-corrected chi connectivity index (χ4v) is 2.97. The van der Waals surface area contributed by atoms with Gasteiger partial charge in [-0.05, 0) is 30.5 Å². The first-order valence-electron chi connectivity index (χ1n) is 7.60. The van der Waals surface area contributed by atoms with E-state index in [1.54, 1.807) is 13.3 Å². The quantitative estimate of drug-likeness (QED) is 0.890. The zero-order chi connectivity index (χ0) is 15.4. The molecule has 22 heavy (non-hydrogen) atoms. The summed E-state index contributed by atoms with van der Waals surface area (Å²) in [7, 11) is 1.65. The molecule has 0 unspecified atom stereocenters. The van der Waals surface area contributed by atoms with Crippen LogP contribution in [0.2, 0.25) is 0 Å². The van der Waals surface area contributed by atoms with Gasteiger partial charge in [0, 0.05) is 26.0 Å². The van der Waals surface area contributed by atoms with Crippen LogP contribution in [0.4, 0.5) is 0 Å². The normalized spacial score (nSPS) is 16.0. The molecule has 1 saturated carbocycles. The number of para-hydroxylation sites is 1. The van der Waals surface area contributed by atoms with E-state index in [1.807, 2.05) is 41.2 Å². The number of methoxy groups -OCH3 is 1. The molecule has 0 atom stereocenters. The van der Waals surface area contributed by atoms with Gasteiger partial charge in [-0.2, -0.15) is 5.10 Å². The summed E-state index contributed by atoms with van der Waals surface area (Å²) in [6, 6.07) is 9.85. The molecule has 5 heteroatoms. The van der Waals surface area contributed by atoms with Gasteiger partial charge >= 0.3 is 0 Å². The molecule has 1 fully saturated rings. The lowest BCUT2D eigenvalue weighted by Gasteiger charge is -2.39. The first-order valence-corrected chi connectivity index (χ1v) is 7.60. The lowest BCUT2D eigenvalue weighted by atomic mass is 9.68. The Labute approximate surface area is 130 Å². The predicted molar refractivity (Wildman–Crippen MR) is 83.6 cm³/mol. The van der Waals surface area contributed by atoms with Crippen LogP contribution in [-0.4, -0.2) is 29.4 Å². The lowest BCUT2D eigenvalue weighted by molar-refractivity contribution is -0.140. The Kier molecular flexibility index (Phi) is 4.24. The number of aromatic nitrogens is 2. The molecule has 1 heterocycles. The van der Waals surface area contributed by atoms with Crippen molar-refractivity contribution in [3.63, 3.8) is 0 Å². The summed E-state index contributed by atoms with van der Waals surface area (Å²) >= 11 is 0. The van der Waals surface area contributed by atoms with Gasteiger partial charge in [0.05, 0.1) is 17.7 Å². The molecule has 1 aromatic heterocycles. The largest absolute Gasteiger partial charge is 0.384 e. The summed E-state index contributed by atoms with van der Waals surface area (Å²) in [5.74, 6) is 0.0934. The topological polar surface area (TPSA) is 56.1 Å². The van der Waals surface area contributed by atoms with Crippen molar-refractivity contribution in [2.45, 2.75) is 25.8 Å². The molecule has 1 aromatic carbocycles. The second-order valence-corrected chi connectivity index (χ2v) is 5.83. The van der Waals surface area contributed by atoms with Crippen molar-refractivity contribution in [1.29, 1.82) is 0 Å². The first kappa shape index (κ1) is 14.8. The van der Waals surface area contributed by atoms with Crippen molar-refractivity contribution >= 4 is 5.91 Å². The van der Waals surface area contributed by atoms with Gasteiger partial charge in [-0.15, -0.1) is 0 Å². The van der Waals surface area contributed by atoms with Gasteiger partial charge in [0.15, 0.2) is 0 Å². The van der Waals surface area contributed by atoms with Crippen molar-refractivity contribution in [1.82, 2.24) is 15.1 Å². The van der Waals surface area contributed by atoms with Crippen LogP contribution in [0.3, 0.4) is 0 Å². The molecule has 1 N–H and O–H groups in total. The lowest BCUT2D eigenvalue weighted by Crippen LogP contribution is -2.48. The molecular weight excluding hydrogens is 278 g/mol. The predicted octanol–water partition coefficient (Wildman–Crippen LogP) is 2.31. The Bertz CT molecular complexity index is 633. The number of carbonyl (C=O) groups is 1. The van der Waals surface area contributed by atoms with E-state index < -0.39 is 0 Å². The Morgan fingerprint density at radius 3 is 2.82 bits per heavy atom. The van der Waals surface area contributed by atoms with Crippen LogP contribution in [0.5, 0.6) is 0 Å². The molecule has 1 amide bonds. The maximum Gasteiger partial charge on any atom is 0.228 e. The van der Waals surface area contributed by atoms with Crippen LogP contribution in [0, 0.1) is 5.41 Å². The molecule has 5 nitrogen and oxygen atoms in total. The molecule has 0 aliphatic heterocycles. The molecule has 0 radical (unpaired) electrons.